The van der Waals surface area contributed by atoms with E-state index in [2.05, 4.69) is 21.6 Å². The molecular weight excluding hydrogens is 483 g/mol. The highest BCUT2D eigenvalue weighted by Gasteiger charge is 2.26. The van der Waals surface area contributed by atoms with E-state index in [1.807, 2.05) is 0 Å². The highest BCUT2D eigenvalue weighted by atomic mass is 35.5. The van der Waals surface area contributed by atoms with Crippen LogP contribution in [0.4, 0.5) is 24.5 Å². The van der Waals surface area contributed by atoms with Gasteiger partial charge in [-0.15, -0.1) is 0 Å². The molecule has 1 amide bonds. The van der Waals surface area contributed by atoms with Gasteiger partial charge in [-0.25, -0.2) is 26.6 Å². The highest BCUT2D eigenvalue weighted by molar-refractivity contribution is 7.92. The average molecular weight is 498 g/mol. The lowest BCUT2D eigenvalue weighted by atomic mass is 10.3. The summed E-state index contributed by atoms with van der Waals surface area (Å²) in [7, 11) is -4.72. The lowest BCUT2D eigenvalue weighted by Crippen LogP contribution is -2.17. The zero-order valence-electron chi connectivity index (χ0n) is 16.8. The molecule has 7 nitrogen and oxygen atoms in total. The number of aromatic nitrogens is 1. The third kappa shape index (κ3) is 5.82. The van der Waals surface area contributed by atoms with Crippen LogP contribution in [0.3, 0.4) is 0 Å². The Bertz CT molecular complexity index is 1330. The van der Waals surface area contributed by atoms with Crippen molar-refractivity contribution in [3.8, 4) is 11.6 Å². The van der Waals surface area contributed by atoms with Gasteiger partial charge in [-0.3, -0.25) is 9.52 Å². The van der Waals surface area contributed by atoms with Crippen LogP contribution in [0.2, 0.25) is 5.02 Å². The Morgan fingerprint density at radius 3 is 2.30 bits per heavy atom. The Kier molecular flexibility index (Phi) is 6.94. The van der Waals surface area contributed by atoms with E-state index in [0.29, 0.717) is 17.7 Å². The van der Waals surface area contributed by atoms with Crippen LogP contribution in [0, 0.1) is 18.6 Å². The molecule has 2 aromatic carbocycles. The number of halogens is 4. The molecule has 0 radical (unpaired) electrons. The molecule has 0 atom stereocenters. The molecule has 2 N–H and O–H groups in total. The standard InChI is InChI=1S/C21H15ClF3N3O4S/c1-11-7-18(28-33(30,31)19-16(24)8-13(22)9-17(19)25)21(26-10-11)32-15-5-3-14(4-6-15)27-20(29)12(2)23/h3-10,28H,2H2,1H3,(H,27,29). The number of aryl methyl sites for hydroxylation is 1. The number of benzene rings is 2. The minimum Gasteiger partial charge on any atom is -0.437 e. The maximum Gasteiger partial charge on any atom is 0.283 e. The van der Waals surface area contributed by atoms with Gasteiger partial charge < -0.3 is 10.1 Å². The Balaban J connectivity index is 1.89. The van der Waals surface area contributed by atoms with Crippen LogP contribution in [0.1, 0.15) is 5.56 Å². The summed E-state index contributed by atoms with van der Waals surface area (Å²) >= 11 is 5.55. The van der Waals surface area contributed by atoms with Crippen molar-refractivity contribution in [1.82, 2.24) is 4.98 Å². The van der Waals surface area contributed by atoms with Crippen molar-refractivity contribution in [2.75, 3.05) is 10.0 Å². The van der Waals surface area contributed by atoms with E-state index in [1.54, 1.807) is 6.92 Å². The Hall–Kier alpha value is -3.57. The zero-order valence-corrected chi connectivity index (χ0v) is 18.4. The number of carbonyl (C=O) groups is 1. The minimum absolute atomic E-state index is 0.174. The zero-order chi connectivity index (χ0) is 24.3. The van der Waals surface area contributed by atoms with Crippen LogP contribution in [0.5, 0.6) is 11.6 Å². The van der Waals surface area contributed by atoms with Crippen molar-refractivity contribution in [1.29, 1.82) is 0 Å². The Morgan fingerprint density at radius 1 is 1.12 bits per heavy atom. The normalized spacial score (nSPS) is 11.1. The van der Waals surface area contributed by atoms with Crippen molar-refractivity contribution in [3.05, 3.63) is 83.3 Å². The first-order chi connectivity index (χ1) is 15.5. The molecule has 1 heterocycles. The van der Waals surface area contributed by atoms with Crippen LogP contribution >= 0.6 is 11.6 Å². The van der Waals surface area contributed by atoms with Crippen LogP contribution in [-0.2, 0) is 14.8 Å². The van der Waals surface area contributed by atoms with Gasteiger partial charge in [0.1, 0.15) is 23.1 Å². The summed E-state index contributed by atoms with van der Waals surface area (Å²) in [4.78, 5) is 14.1. The van der Waals surface area contributed by atoms with Gasteiger partial charge in [0.05, 0.1) is 0 Å². The maximum atomic E-state index is 14.2. The van der Waals surface area contributed by atoms with Crippen LogP contribution in [0.15, 0.2) is 66.0 Å². The van der Waals surface area contributed by atoms with Crippen molar-refractivity contribution >= 4 is 38.9 Å². The highest BCUT2D eigenvalue weighted by Crippen LogP contribution is 2.32. The first-order valence-electron chi connectivity index (χ1n) is 9.04. The van der Waals surface area contributed by atoms with Crippen LogP contribution in [0.25, 0.3) is 0 Å². The third-order valence-corrected chi connectivity index (χ3v) is 5.67. The van der Waals surface area contributed by atoms with Gasteiger partial charge in [-0.1, -0.05) is 18.2 Å². The summed E-state index contributed by atoms with van der Waals surface area (Å²) in [6, 6.07) is 8.28. The molecule has 0 aliphatic carbocycles. The number of hydrogen-bond acceptors (Lipinski definition) is 5. The molecule has 0 fully saturated rings. The summed E-state index contributed by atoms with van der Waals surface area (Å²) in [6.45, 7) is 4.51. The first-order valence-corrected chi connectivity index (χ1v) is 10.9. The van der Waals surface area contributed by atoms with Crippen molar-refractivity contribution < 1.29 is 31.1 Å². The minimum atomic E-state index is -4.72. The summed E-state index contributed by atoms with van der Waals surface area (Å²) in [5.74, 6) is -4.96. The largest absolute Gasteiger partial charge is 0.437 e. The first kappa shape index (κ1) is 24.1. The average Bonchev–Trinajstić information content (AvgIpc) is 2.70. The van der Waals surface area contributed by atoms with Gasteiger partial charge >= 0.3 is 0 Å². The van der Waals surface area contributed by atoms with Gasteiger partial charge in [0.2, 0.25) is 5.88 Å². The molecule has 33 heavy (non-hydrogen) atoms. The van der Waals surface area contributed by atoms with E-state index >= 15 is 0 Å². The topological polar surface area (TPSA) is 97.4 Å². The van der Waals surface area contributed by atoms with Gasteiger partial charge in [-0.05, 0) is 55.0 Å². The summed E-state index contributed by atoms with van der Waals surface area (Å²) in [6.07, 6.45) is 1.39. The smallest absolute Gasteiger partial charge is 0.283 e. The molecule has 3 rings (SSSR count). The number of ether oxygens (including phenoxy) is 1. The van der Waals surface area contributed by atoms with E-state index in [9.17, 15) is 26.4 Å². The SMILES string of the molecule is C=C(F)C(=O)Nc1ccc(Oc2ncc(C)cc2NS(=O)(=O)c2c(F)cc(Cl)cc2F)cc1. The number of pyridine rings is 1. The molecule has 0 bridgehead atoms. The summed E-state index contributed by atoms with van der Waals surface area (Å²) in [5.41, 5.74) is 0.592. The number of anilines is 2. The summed E-state index contributed by atoms with van der Waals surface area (Å²) in [5, 5.41) is 1.95. The second-order valence-electron chi connectivity index (χ2n) is 6.65. The molecule has 0 aliphatic rings. The van der Waals surface area contributed by atoms with Crippen molar-refractivity contribution in [3.63, 3.8) is 0 Å². The quantitative estimate of drug-likeness (QED) is 0.430. The number of rotatable bonds is 7. The van der Waals surface area contributed by atoms with Crippen LogP contribution < -0.4 is 14.8 Å². The molecule has 0 saturated heterocycles. The second kappa shape index (κ2) is 9.51. The van der Waals surface area contributed by atoms with Crippen molar-refractivity contribution in [2.24, 2.45) is 0 Å². The number of sulfonamides is 1. The molecule has 0 aliphatic heterocycles. The molecule has 0 saturated carbocycles. The fourth-order valence-corrected chi connectivity index (χ4v) is 3.97. The number of nitrogens with one attached hydrogen (secondary N) is 2. The van der Waals surface area contributed by atoms with E-state index in [-0.39, 0.29) is 28.0 Å². The van der Waals surface area contributed by atoms with Crippen LogP contribution in [-0.4, -0.2) is 19.3 Å². The number of amides is 1. The Morgan fingerprint density at radius 2 is 1.73 bits per heavy atom. The number of carbonyl (C=O) groups excluding carboxylic acids is 1. The van der Waals surface area contributed by atoms with Gasteiger partial charge in [-0.2, -0.15) is 0 Å². The van der Waals surface area contributed by atoms with E-state index in [0.717, 1.165) is 0 Å². The second-order valence-corrected chi connectivity index (χ2v) is 8.71. The Labute approximate surface area is 191 Å². The molecule has 12 heteroatoms. The number of hydrogen-bond donors (Lipinski definition) is 2. The lowest BCUT2D eigenvalue weighted by molar-refractivity contribution is -0.114. The van der Waals surface area contributed by atoms with Gasteiger partial charge in [0.15, 0.2) is 10.7 Å². The predicted octanol–water partition coefficient (Wildman–Crippen LogP) is 5.34. The van der Waals surface area contributed by atoms with Gasteiger partial charge in [0.25, 0.3) is 15.9 Å². The fourth-order valence-electron chi connectivity index (χ4n) is 2.61. The van der Waals surface area contributed by atoms with Gasteiger partial charge in [0, 0.05) is 16.9 Å². The lowest BCUT2D eigenvalue weighted by Gasteiger charge is -2.14. The van der Waals surface area contributed by atoms with E-state index in [4.69, 9.17) is 16.3 Å². The molecule has 1 aromatic heterocycles. The van der Waals surface area contributed by atoms with Crippen molar-refractivity contribution in [2.45, 2.75) is 11.8 Å². The van der Waals surface area contributed by atoms with E-state index < -0.39 is 38.3 Å². The molecule has 172 valence electrons. The maximum absolute atomic E-state index is 14.2. The molecule has 3 aromatic rings. The molecular formula is C21H15ClF3N3O4S. The molecule has 0 spiro atoms. The molecule has 0 unspecified atom stereocenters. The fraction of sp³-hybridized carbons (Fsp3) is 0.0476. The number of nitrogens with zero attached hydrogens (tertiary/aromatic N) is 1. The predicted molar refractivity (Wildman–Crippen MR) is 117 cm³/mol. The summed E-state index contributed by atoms with van der Waals surface area (Å²) < 4.78 is 74.1. The van der Waals surface area contributed by atoms with E-state index in [1.165, 1.54) is 36.5 Å². The monoisotopic (exact) mass is 497 g/mol. The third-order valence-electron chi connectivity index (χ3n) is 4.04.